The molecule has 0 aliphatic heterocycles. The molecule has 0 amide bonds. The Morgan fingerprint density at radius 1 is 0.708 bits per heavy atom. The maximum atomic E-state index is 9.74. The van der Waals surface area contributed by atoms with Crippen LogP contribution < -0.4 is 0 Å². The first-order chi connectivity index (χ1) is 11.8. The van der Waals surface area contributed by atoms with Crippen LogP contribution in [0.15, 0.2) is 18.2 Å². The molecule has 0 aromatic heterocycles. The van der Waals surface area contributed by atoms with Crippen LogP contribution in [0.4, 0.5) is 0 Å². The summed E-state index contributed by atoms with van der Waals surface area (Å²) in [6.45, 7) is 2.20. The molecule has 0 radical (unpaired) electrons. The summed E-state index contributed by atoms with van der Waals surface area (Å²) >= 11 is 0. The van der Waals surface area contributed by atoms with Gasteiger partial charge in [0.25, 0.3) is 0 Å². The minimum atomic E-state index is -0.0690. The molecule has 0 atom stereocenters. The van der Waals surface area contributed by atoms with E-state index in [9.17, 15) is 10.2 Å². The number of rotatable bonds is 15. The average Bonchev–Trinajstić information content (AvgIpc) is 2.59. The summed E-state index contributed by atoms with van der Waals surface area (Å²) in [4.78, 5) is 0. The van der Waals surface area contributed by atoms with Gasteiger partial charge in [0.2, 0.25) is 0 Å². The molecule has 1 aromatic rings. The fourth-order valence-electron chi connectivity index (χ4n) is 3.37. The number of phenols is 1. The van der Waals surface area contributed by atoms with Crippen LogP contribution in [-0.4, -0.2) is 10.2 Å². The standard InChI is InChI=1S/C22H38O2/c1-2-3-4-5-6-7-8-9-10-11-12-13-14-16-20-17-15-18-22(24)21(20)19-23/h15,17-18,23-24H,2-14,16,19H2,1H3. The number of benzene rings is 1. The molecule has 138 valence electrons. The van der Waals surface area contributed by atoms with Crippen LogP contribution in [0, 0.1) is 0 Å². The highest BCUT2D eigenvalue weighted by Gasteiger charge is 2.05. The van der Waals surface area contributed by atoms with E-state index in [-0.39, 0.29) is 12.4 Å². The van der Waals surface area contributed by atoms with Crippen LogP contribution in [0.3, 0.4) is 0 Å². The lowest BCUT2D eigenvalue weighted by Gasteiger charge is -2.09. The van der Waals surface area contributed by atoms with E-state index in [1.807, 2.05) is 12.1 Å². The molecule has 1 rings (SSSR count). The smallest absolute Gasteiger partial charge is 0.121 e. The number of aromatic hydroxyl groups is 1. The topological polar surface area (TPSA) is 40.5 Å². The quantitative estimate of drug-likeness (QED) is 0.358. The summed E-state index contributed by atoms with van der Waals surface area (Å²) in [6.07, 6.45) is 18.6. The van der Waals surface area contributed by atoms with Crippen LogP contribution in [0.2, 0.25) is 0 Å². The molecule has 0 saturated carbocycles. The minimum absolute atomic E-state index is 0.0690. The molecule has 0 saturated heterocycles. The summed E-state index contributed by atoms with van der Waals surface area (Å²) in [5, 5.41) is 19.1. The monoisotopic (exact) mass is 334 g/mol. The van der Waals surface area contributed by atoms with Gasteiger partial charge in [-0.3, -0.25) is 0 Å². The summed E-state index contributed by atoms with van der Waals surface area (Å²) in [6, 6.07) is 5.54. The average molecular weight is 335 g/mol. The summed E-state index contributed by atoms with van der Waals surface area (Å²) in [5.74, 6) is 0.227. The van der Waals surface area contributed by atoms with Gasteiger partial charge in [0, 0.05) is 5.56 Å². The third-order valence-corrected chi connectivity index (χ3v) is 4.96. The van der Waals surface area contributed by atoms with Crippen molar-refractivity contribution >= 4 is 0 Å². The predicted octanol–water partition coefficient (Wildman–Crippen LogP) is 6.52. The van der Waals surface area contributed by atoms with Crippen molar-refractivity contribution in [3.8, 4) is 5.75 Å². The second-order valence-corrected chi connectivity index (χ2v) is 7.07. The Labute approximate surface area is 149 Å². The number of aliphatic hydroxyl groups excluding tert-OH is 1. The number of unbranched alkanes of at least 4 members (excludes halogenated alkanes) is 12. The Balaban J connectivity index is 1.93. The summed E-state index contributed by atoms with van der Waals surface area (Å²) in [7, 11) is 0. The van der Waals surface area contributed by atoms with Gasteiger partial charge in [-0.25, -0.2) is 0 Å². The van der Waals surface area contributed by atoms with E-state index < -0.39 is 0 Å². The molecule has 2 nitrogen and oxygen atoms in total. The number of hydrogen-bond donors (Lipinski definition) is 2. The van der Waals surface area contributed by atoms with Crippen LogP contribution in [-0.2, 0) is 13.0 Å². The Kier molecular flexibility index (Phi) is 12.6. The third-order valence-electron chi connectivity index (χ3n) is 4.96. The SMILES string of the molecule is CCCCCCCCCCCCCCCc1cccc(O)c1CO. The van der Waals surface area contributed by atoms with E-state index in [2.05, 4.69) is 6.92 Å². The van der Waals surface area contributed by atoms with Crippen LogP contribution >= 0.6 is 0 Å². The fourth-order valence-corrected chi connectivity index (χ4v) is 3.37. The molecule has 0 unspecified atom stereocenters. The first kappa shape index (κ1) is 21.0. The van der Waals surface area contributed by atoms with Crippen molar-refractivity contribution in [3.63, 3.8) is 0 Å². The second kappa shape index (κ2) is 14.3. The zero-order valence-electron chi connectivity index (χ0n) is 15.7. The number of aliphatic hydroxyl groups is 1. The van der Waals surface area contributed by atoms with E-state index in [4.69, 9.17) is 0 Å². The highest BCUT2D eigenvalue weighted by atomic mass is 16.3. The molecule has 0 bridgehead atoms. The highest BCUT2D eigenvalue weighted by Crippen LogP contribution is 2.23. The molecular formula is C22H38O2. The molecule has 0 heterocycles. The van der Waals surface area contributed by atoms with Crippen molar-refractivity contribution in [1.29, 1.82) is 0 Å². The Bertz CT molecular complexity index is 414. The van der Waals surface area contributed by atoms with Gasteiger partial charge in [-0.1, -0.05) is 96.1 Å². The molecular weight excluding hydrogens is 296 g/mol. The van der Waals surface area contributed by atoms with Crippen LogP contribution in [0.5, 0.6) is 5.75 Å². The highest BCUT2D eigenvalue weighted by molar-refractivity contribution is 5.38. The van der Waals surface area contributed by atoms with Crippen molar-refractivity contribution in [1.82, 2.24) is 0 Å². The maximum Gasteiger partial charge on any atom is 0.121 e. The van der Waals surface area contributed by atoms with Crippen molar-refractivity contribution in [3.05, 3.63) is 29.3 Å². The van der Waals surface area contributed by atoms with Gasteiger partial charge >= 0.3 is 0 Å². The summed E-state index contributed by atoms with van der Waals surface area (Å²) in [5.41, 5.74) is 1.80. The van der Waals surface area contributed by atoms with Crippen molar-refractivity contribution in [2.45, 2.75) is 103 Å². The first-order valence-corrected chi connectivity index (χ1v) is 10.2. The molecule has 2 heteroatoms. The summed E-state index contributed by atoms with van der Waals surface area (Å²) < 4.78 is 0. The van der Waals surface area contributed by atoms with Gasteiger partial charge in [0.15, 0.2) is 0 Å². The molecule has 2 N–H and O–H groups in total. The normalized spacial score (nSPS) is 11.1. The predicted molar refractivity (Wildman–Crippen MR) is 103 cm³/mol. The lowest BCUT2D eigenvalue weighted by molar-refractivity contribution is 0.274. The van der Waals surface area contributed by atoms with Crippen molar-refractivity contribution in [2.24, 2.45) is 0 Å². The van der Waals surface area contributed by atoms with E-state index in [0.29, 0.717) is 5.56 Å². The van der Waals surface area contributed by atoms with Gasteiger partial charge in [0.1, 0.15) is 5.75 Å². The second-order valence-electron chi connectivity index (χ2n) is 7.07. The third kappa shape index (κ3) is 9.32. The molecule has 0 spiro atoms. The number of hydrogen-bond acceptors (Lipinski definition) is 2. The molecule has 24 heavy (non-hydrogen) atoms. The molecule has 0 fully saturated rings. The van der Waals surface area contributed by atoms with E-state index in [1.54, 1.807) is 6.07 Å². The van der Waals surface area contributed by atoms with Crippen molar-refractivity contribution < 1.29 is 10.2 Å². The van der Waals surface area contributed by atoms with Gasteiger partial charge in [-0.15, -0.1) is 0 Å². The Hall–Kier alpha value is -1.02. The van der Waals surface area contributed by atoms with Crippen LogP contribution in [0.1, 0.15) is 102 Å². The Morgan fingerprint density at radius 2 is 1.21 bits per heavy atom. The van der Waals surface area contributed by atoms with Gasteiger partial charge < -0.3 is 10.2 Å². The van der Waals surface area contributed by atoms with Gasteiger partial charge in [-0.05, 0) is 24.5 Å². The maximum absolute atomic E-state index is 9.74. The van der Waals surface area contributed by atoms with Gasteiger partial charge in [0.05, 0.1) is 6.61 Å². The molecule has 0 aliphatic rings. The molecule has 1 aromatic carbocycles. The molecule has 0 aliphatic carbocycles. The lowest BCUT2D eigenvalue weighted by atomic mass is 9.99. The van der Waals surface area contributed by atoms with E-state index in [1.165, 1.54) is 77.0 Å². The van der Waals surface area contributed by atoms with E-state index >= 15 is 0 Å². The Morgan fingerprint density at radius 3 is 1.71 bits per heavy atom. The lowest BCUT2D eigenvalue weighted by Crippen LogP contribution is -1.95. The zero-order valence-corrected chi connectivity index (χ0v) is 15.7. The first-order valence-electron chi connectivity index (χ1n) is 10.2. The van der Waals surface area contributed by atoms with Gasteiger partial charge in [-0.2, -0.15) is 0 Å². The van der Waals surface area contributed by atoms with Crippen LogP contribution in [0.25, 0.3) is 0 Å². The van der Waals surface area contributed by atoms with E-state index in [0.717, 1.165) is 18.4 Å². The fraction of sp³-hybridized carbons (Fsp3) is 0.727. The minimum Gasteiger partial charge on any atom is -0.508 e. The zero-order chi connectivity index (χ0) is 17.5. The largest absolute Gasteiger partial charge is 0.508 e. The van der Waals surface area contributed by atoms with Crippen molar-refractivity contribution in [2.75, 3.05) is 0 Å². The number of aryl methyl sites for hydroxylation is 1.